The third-order valence-electron chi connectivity index (χ3n) is 2.18. The Morgan fingerprint density at radius 2 is 2.00 bits per heavy atom. The molecule has 18 heavy (non-hydrogen) atoms. The fraction of sp³-hybridized carbons (Fsp3) is 0.0833. The van der Waals surface area contributed by atoms with Crippen LogP contribution >= 0.6 is 11.3 Å². The Labute approximate surface area is 108 Å². The first-order valence-corrected chi connectivity index (χ1v) is 6.12. The predicted octanol–water partition coefficient (Wildman–Crippen LogP) is 1.03. The van der Waals surface area contributed by atoms with Crippen molar-refractivity contribution in [1.29, 1.82) is 0 Å². The molecule has 0 aliphatic rings. The van der Waals surface area contributed by atoms with Gasteiger partial charge in [-0.25, -0.2) is 4.98 Å². The number of nitrogens with zero attached hydrogens (tertiary/aromatic N) is 1. The van der Waals surface area contributed by atoms with Crippen LogP contribution in [0.2, 0.25) is 0 Å². The van der Waals surface area contributed by atoms with Gasteiger partial charge in [-0.15, -0.1) is 11.3 Å². The Morgan fingerprint density at radius 1 is 1.28 bits per heavy atom. The Balaban J connectivity index is 2.11. The summed E-state index contributed by atoms with van der Waals surface area (Å²) in [4.78, 5) is 26.4. The molecule has 2 aromatic rings. The van der Waals surface area contributed by atoms with E-state index in [1.54, 1.807) is 5.38 Å². The van der Waals surface area contributed by atoms with Crippen LogP contribution in [0.1, 0.15) is 10.5 Å². The molecule has 6 heteroatoms. The minimum Gasteiger partial charge on any atom is -0.368 e. The molecule has 0 aliphatic carbocycles. The molecule has 0 unspecified atom stereocenters. The number of amides is 2. The molecule has 1 aromatic heterocycles. The van der Waals surface area contributed by atoms with Gasteiger partial charge >= 0.3 is 0 Å². The molecule has 0 spiro atoms. The summed E-state index contributed by atoms with van der Waals surface area (Å²) < 4.78 is 0. The third kappa shape index (κ3) is 2.92. The Kier molecular flexibility index (Phi) is 3.69. The number of thiazole rings is 1. The maximum absolute atomic E-state index is 11.6. The van der Waals surface area contributed by atoms with E-state index < -0.39 is 11.8 Å². The van der Waals surface area contributed by atoms with E-state index in [0.29, 0.717) is 5.69 Å². The van der Waals surface area contributed by atoms with Gasteiger partial charge in [0.1, 0.15) is 10.7 Å². The normalized spacial score (nSPS) is 10.0. The van der Waals surface area contributed by atoms with E-state index >= 15 is 0 Å². The van der Waals surface area contributed by atoms with Crippen LogP contribution in [0.25, 0.3) is 10.6 Å². The lowest BCUT2D eigenvalue weighted by atomic mass is 10.2. The standard InChI is InChI=1S/C12H11N3O2S/c13-10(16)6-14-11(17)9-7-18-12(15-9)8-4-2-1-3-5-8/h1-5,7H,6H2,(H2,13,16)(H,14,17). The van der Waals surface area contributed by atoms with Crippen molar-refractivity contribution in [3.05, 3.63) is 41.4 Å². The number of carbonyl (C=O) groups excluding carboxylic acids is 2. The van der Waals surface area contributed by atoms with Gasteiger partial charge in [-0.3, -0.25) is 9.59 Å². The lowest BCUT2D eigenvalue weighted by Gasteiger charge is -1.98. The molecule has 0 fully saturated rings. The van der Waals surface area contributed by atoms with Gasteiger partial charge in [-0.2, -0.15) is 0 Å². The minimum absolute atomic E-state index is 0.184. The minimum atomic E-state index is -0.582. The SMILES string of the molecule is NC(=O)CNC(=O)c1csc(-c2ccccc2)n1. The summed E-state index contributed by atoms with van der Waals surface area (Å²) in [6.07, 6.45) is 0. The van der Waals surface area contributed by atoms with Crippen LogP contribution in [-0.2, 0) is 4.79 Å². The smallest absolute Gasteiger partial charge is 0.271 e. The third-order valence-corrected chi connectivity index (χ3v) is 3.07. The van der Waals surface area contributed by atoms with Crippen molar-refractivity contribution < 1.29 is 9.59 Å². The molecule has 2 amide bonds. The maximum Gasteiger partial charge on any atom is 0.271 e. The molecular weight excluding hydrogens is 250 g/mol. The van der Waals surface area contributed by atoms with Gasteiger partial charge in [0.05, 0.1) is 6.54 Å². The second kappa shape index (κ2) is 5.42. The number of nitrogens with two attached hydrogens (primary N) is 1. The van der Waals surface area contributed by atoms with Gasteiger partial charge in [-0.05, 0) is 0 Å². The average Bonchev–Trinajstić information content (AvgIpc) is 2.86. The molecule has 92 valence electrons. The highest BCUT2D eigenvalue weighted by atomic mass is 32.1. The first-order chi connectivity index (χ1) is 8.66. The zero-order valence-electron chi connectivity index (χ0n) is 9.42. The van der Waals surface area contributed by atoms with Gasteiger partial charge in [0, 0.05) is 10.9 Å². The number of nitrogens with one attached hydrogen (secondary N) is 1. The van der Waals surface area contributed by atoms with Gasteiger partial charge in [0.15, 0.2) is 0 Å². The van der Waals surface area contributed by atoms with Crippen molar-refractivity contribution in [1.82, 2.24) is 10.3 Å². The average molecular weight is 261 g/mol. The van der Waals surface area contributed by atoms with Crippen LogP contribution in [0.15, 0.2) is 35.7 Å². The second-order valence-corrected chi connectivity index (χ2v) is 4.41. The summed E-state index contributed by atoms with van der Waals surface area (Å²) in [6.45, 7) is -0.184. The van der Waals surface area contributed by atoms with E-state index in [2.05, 4.69) is 10.3 Å². The lowest BCUT2D eigenvalue weighted by Crippen LogP contribution is -2.33. The Morgan fingerprint density at radius 3 is 2.67 bits per heavy atom. The molecule has 1 aromatic carbocycles. The van der Waals surface area contributed by atoms with Crippen molar-refractivity contribution in [2.75, 3.05) is 6.54 Å². The number of carbonyl (C=O) groups is 2. The summed E-state index contributed by atoms with van der Waals surface area (Å²) in [5.74, 6) is -0.978. The van der Waals surface area contributed by atoms with E-state index in [4.69, 9.17) is 5.73 Å². The summed E-state index contributed by atoms with van der Waals surface area (Å²) in [6, 6.07) is 9.57. The predicted molar refractivity (Wildman–Crippen MR) is 69.1 cm³/mol. The molecule has 5 nitrogen and oxygen atoms in total. The highest BCUT2D eigenvalue weighted by molar-refractivity contribution is 7.13. The van der Waals surface area contributed by atoms with E-state index in [1.165, 1.54) is 11.3 Å². The van der Waals surface area contributed by atoms with Crippen LogP contribution in [0, 0.1) is 0 Å². The van der Waals surface area contributed by atoms with E-state index in [9.17, 15) is 9.59 Å². The topological polar surface area (TPSA) is 85.1 Å². The largest absolute Gasteiger partial charge is 0.368 e. The quantitative estimate of drug-likeness (QED) is 0.861. The number of hydrogen-bond acceptors (Lipinski definition) is 4. The molecule has 0 saturated heterocycles. The molecule has 0 saturated carbocycles. The highest BCUT2D eigenvalue weighted by Gasteiger charge is 2.11. The first kappa shape index (κ1) is 12.3. The lowest BCUT2D eigenvalue weighted by molar-refractivity contribution is -0.117. The number of aromatic nitrogens is 1. The molecule has 2 rings (SSSR count). The number of rotatable bonds is 4. The molecule has 0 atom stereocenters. The van der Waals surface area contributed by atoms with E-state index in [-0.39, 0.29) is 6.54 Å². The Hall–Kier alpha value is -2.21. The summed E-state index contributed by atoms with van der Waals surface area (Å²) >= 11 is 1.38. The van der Waals surface area contributed by atoms with E-state index in [1.807, 2.05) is 30.3 Å². The van der Waals surface area contributed by atoms with Gasteiger partial charge in [-0.1, -0.05) is 30.3 Å². The zero-order valence-corrected chi connectivity index (χ0v) is 10.2. The molecule has 0 bridgehead atoms. The van der Waals surface area contributed by atoms with Crippen molar-refractivity contribution in [2.45, 2.75) is 0 Å². The van der Waals surface area contributed by atoms with Gasteiger partial charge in [0.2, 0.25) is 5.91 Å². The molecule has 0 aliphatic heterocycles. The summed E-state index contributed by atoms with van der Waals surface area (Å²) in [7, 11) is 0. The fourth-order valence-electron chi connectivity index (χ4n) is 1.35. The first-order valence-electron chi connectivity index (χ1n) is 5.24. The van der Waals surface area contributed by atoms with Crippen molar-refractivity contribution in [3.63, 3.8) is 0 Å². The van der Waals surface area contributed by atoms with Crippen LogP contribution in [0.4, 0.5) is 0 Å². The molecule has 0 radical (unpaired) electrons. The maximum atomic E-state index is 11.6. The monoisotopic (exact) mass is 261 g/mol. The number of benzene rings is 1. The highest BCUT2D eigenvalue weighted by Crippen LogP contribution is 2.22. The van der Waals surface area contributed by atoms with Crippen LogP contribution in [0.3, 0.4) is 0 Å². The van der Waals surface area contributed by atoms with Crippen LogP contribution in [-0.4, -0.2) is 23.3 Å². The van der Waals surface area contributed by atoms with Crippen molar-refractivity contribution in [2.24, 2.45) is 5.73 Å². The molecule has 3 N–H and O–H groups in total. The Bertz CT molecular complexity index is 566. The van der Waals surface area contributed by atoms with Gasteiger partial charge < -0.3 is 11.1 Å². The van der Waals surface area contributed by atoms with Crippen LogP contribution < -0.4 is 11.1 Å². The van der Waals surface area contributed by atoms with Gasteiger partial charge in [0.25, 0.3) is 5.91 Å². The fourth-order valence-corrected chi connectivity index (χ4v) is 2.16. The summed E-state index contributed by atoms with van der Waals surface area (Å²) in [5.41, 5.74) is 6.19. The second-order valence-electron chi connectivity index (χ2n) is 3.55. The zero-order chi connectivity index (χ0) is 13.0. The van der Waals surface area contributed by atoms with E-state index in [0.717, 1.165) is 10.6 Å². The molecule has 1 heterocycles. The molecular formula is C12H11N3O2S. The van der Waals surface area contributed by atoms with Crippen LogP contribution in [0.5, 0.6) is 0 Å². The number of hydrogen-bond donors (Lipinski definition) is 2. The van der Waals surface area contributed by atoms with Crippen molar-refractivity contribution >= 4 is 23.2 Å². The summed E-state index contributed by atoms with van der Waals surface area (Å²) in [5, 5.41) is 4.81. The van der Waals surface area contributed by atoms with Crippen molar-refractivity contribution in [3.8, 4) is 10.6 Å². The number of primary amides is 1.